The maximum absolute atomic E-state index is 13.0. The lowest BCUT2D eigenvalue weighted by atomic mass is 10.0. The molecule has 7 nitrogen and oxygen atoms in total. The molecule has 2 aromatic heterocycles. The van der Waals surface area contributed by atoms with Crippen LogP contribution in [0.25, 0.3) is 10.2 Å². The Morgan fingerprint density at radius 1 is 1.30 bits per heavy atom. The van der Waals surface area contributed by atoms with E-state index < -0.39 is 18.0 Å². The van der Waals surface area contributed by atoms with Crippen molar-refractivity contribution in [2.24, 2.45) is 5.73 Å². The smallest absolute Gasteiger partial charge is 0.268 e. The number of carbonyl (C=O) groups is 3. The second-order valence-corrected chi connectivity index (χ2v) is 9.19. The standard InChI is InChI=1S/C20H18Cl2N4O3S/c1-9(27)26(8-15(23)28)18-11-5-3-2-4-10(11)6-12(18)25-20(29)13-7-14-17(24-13)16(21)19(22)30-14/h2-5,7,12,18,24H,6,8H2,1H3,(H2,23,28)(H,25,29)/t12-,18-/m1/s1. The Bertz CT molecular complexity index is 1170. The molecule has 0 unspecified atom stereocenters. The van der Waals surface area contributed by atoms with E-state index in [0.29, 0.717) is 27.0 Å². The summed E-state index contributed by atoms with van der Waals surface area (Å²) in [6.07, 6.45) is 0.525. The molecule has 2 heterocycles. The number of hydrogen-bond acceptors (Lipinski definition) is 4. The minimum absolute atomic E-state index is 0.229. The summed E-state index contributed by atoms with van der Waals surface area (Å²) in [4.78, 5) is 41.3. The molecule has 30 heavy (non-hydrogen) atoms. The van der Waals surface area contributed by atoms with Crippen LogP contribution in [0.2, 0.25) is 9.36 Å². The van der Waals surface area contributed by atoms with E-state index >= 15 is 0 Å². The number of nitrogens with two attached hydrogens (primary N) is 1. The van der Waals surface area contributed by atoms with Gasteiger partial charge in [-0.25, -0.2) is 0 Å². The molecular weight excluding hydrogens is 447 g/mol. The van der Waals surface area contributed by atoms with Crippen molar-refractivity contribution in [3.05, 3.63) is 56.5 Å². The quantitative estimate of drug-likeness (QED) is 0.538. The molecule has 3 amide bonds. The highest BCUT2D eigenvalue weighted by Gasteiger charge is 2.39. The lowest BCUT2D eigenvalue weighted by Crippen LogP contribution is -2.48. The molecule has 156 valence electrons. The second-order valence-electron chi connectivity index (χ2n) is 7.15. The van der Waals surface area contributed by atoms with Crippen molar-refractivity contribution in [3.63, 3.8) is 0 Å². The van der Waals surface area contributed by atoms with Crippen molar-refractivity contribution >= 4 is 62.5 Å². The third-order valence-electron chi connectivity index (χ3n) is 5.20. The van der Waals surface area contributed by atoms with Crippen molar-refractivity contribution in [2.45, 2.75) is 25.4 Å². The first-order chi connectivity index (χ1) is 14.3. The summed E-state index contributed by atoms with van der Waals surface area (Å²) >= 11 is 13.5. The van der Waals surface area contributed by atoms with Gasteiger partial charge in [0, 0.05) is 6.92 Å². The minimum Gasteiger partial charge on any atom is -0.368 e. The third kappa shape index (κ3) is 3.66. The van der Waals surface area contributed by atoms with Gasteiger partial charge in [0.1, 0.15) is 10.0 Å². The molecule has 2 atom stereocenters. The second kappa shape index (κ2) is 7.94. The van der Waals surface area contributed by atoms with Gasteiger partial charge >= 0.3 is 0 Å². The molecule has 1 aliphatic rings. The highest BCUT2D eigenvalue weighted by Crippen LogP contribution is 2.39. The van der Waals surface area contributed by atoms with Crippen molar-refractivity contribution in [3.8, 4) is 0 Å². The minimum atomic E-state index is -0.615. The summed E-state index contributed by atoms with van der Waals surface area (Å²) < 4.78 is 1.24. The summed E-state index contributed by atoms with van der Waals surface area (Å²) in [6, 6.07) is 8.39. The molecule has 0 saturated carbocycles. The van der Waals surface area contributed by atoms with Gasteiger partial charge in [-0.15, -0.1) is 11.3 Å². The number of rotatable bonds is 5. The molecule has 0 saturated heterocycles. The van der Waals surface area contributed by atoms with Crippen LogP contribution >= 0.6 is 34.5 Å². The van der Waals surface area contributed by atoms with E-state index in [-0.39, 0.29) is 18.4 Å². The molecule has 4 rings (SSSR count). The van der Waals surface area contributed by atoms with Crippen LogP contribution in [-0.4, -0.2) is 40.2 Å². The molecule has 0 aliphatic heterocycles. The zero-order valence-corrected chi connectivity index (χ0v) is 18.2. The zero-order valence-electron chi connectivity index (χ0n) is 15.9. The number of nitrogens with zero attached hydrogens (tertiary/aromatic N) is 1. The number of thiophene rings is 1. The molecule has 1 aromatic carbocycles. The van der Waals surface area contributed by atoms with Crippen LogP contribution in [0.1, 0.15) is 34.6 Å². The Kier molecular flexibility index (Phi) is 5.48. The molecular formula is C20H18Cl2N4O3S. The predicted molar refractivity (Wildman–Crippen MR) is 117 cm³/mol. The largest absolute Gasteiger partial charge is 0.368 e. The lowest BCUT2D eigenvalue weighted by molar-refractivity contribution is -0.136. The summed E-state index contributed by atoms with van der Waals surface area (Å²) in [7, 11) is 0. The number of fused-ring (bicyclic) bond motifs is 2. The molecule has 0 spiro atoms. The molecule has 0 bridgehead atoms. The summed E-state index contributed by atoms with van der Waals surface area (Å²) in [5.74, 6) is -1.25. The van der Waals surface area contributed by atoms with Crippen LogP contribution in [-0.2, 0) is 16.0 Å². The fraction of sp³-hybridized carbons (Fsp3) is 0.250. The van der Waals surface area contributed by atoms with E-state index in [9.17, 15) is 14.4 Å². The van der Waals surface area contributed by atoms with Gasteiger partial charge in [0.05, 0.1) is 33.9 Å². The Balaban J connectivity index is 1.64. The number of primary amides is 1. The molecule has 0 radical (unpaired) electrons. The monoisotopic (exact) mass is 464 g/mol. The van der Waals surface area contributed by atoms with Gasteiger partial charge < -0.3 is 20.9 Å². The number of aromatic amines is 1. The van der Waals surface area contributed by atoms with Gasteiger partial charge in [0.25, 0.3) is 5.91 Å². The van der Waals surface area contributed by atoms with Gasteiger partial charge in [-0.1, -0.05) is 47.5 Å². The summed E-state index contributed by atoms with van der Waals surface area (Å²) in [5.41, 5.74) is 8.22. The highest BCUT2D eigenvalue weighted by molar-refractivity contribution is 7.23. The fourth-order valence-corrected chi connectivity index (χ4v) is 5.43. The van der Waals surface area contributed by atoms with Crippen molar-refractivity contribution in [1.82, 2.24) is 15.2 Å². The van der Waals surface area contributed by atoms with Gasteiger partial charge in [-0.3, -0.25) is 14.4 Å². The number of aromatic nitrogens is 1. The summed E-state index contributed by atoms with van der Waals surface area (Å²) in [6.45, 7) is 1.15. The van der Waals surface area contributed by atoms with Crippen LogP contribution < -0.4 is 11.1 Å². The van der Waals surface area contributed by atoms with E-state index in [4.69, 9.17) is 28.9 Å². The first-order valence-corrected chi connectivity index (χ1v) is 10.7. The van der Waals surface area contributed by atoms with Crippen LogP contribution in [0.3, 0.4) is 0 Å². The van der Waals surface area contributed by atoms with E-state index in [1.54, 1.807) is 6.07 Å². The zero-order chi connectivity index (χ0) is 21.6. The lowest BCUT2D eigenvalue weighted by Gasteiger charge is -2.32. The molecule has 1 aliphatic carbocycles. The van der Waals surface area contributed by atoms with Crippen LogP contribution in [0.4, 0.5) is 0 Å². The number of amides is 3. The van der Waals surface area contributed by atoms with Gasteiger partial charge in [-0.05, 0) is 23.6 Å². The van der Waals surface area contributed by atoms with Crippen LogP contribution in [0.15, 0.2) is 30.3 Å². The van der Waals surface area contributed by atoms with E-state index in [1.807, 2.05) is 24.3 Å². The van der Waals surface area contributed by atoms with Crippen LogP contribution in [0.5, 0.6) is 0 Å². The number of halogens is 2. The molecule has 10 heteroatoms. The maximum Gasteiger partial charge on any atom is 0.268 e. The fourth-order valence-electron chi connectivity index (χ4n) is 3.95. The van der Waals surface area contributed by atoms with Gasteiger partial charge in [-0.2, -0.15) is 0 Å². The number of carbonyl (C=O) groups excluding carboxylic acids is 3. The molecule has 0 fully saturated rings. The first-order valence-electron chi connectivity index (χ1n) is 9.17. The first kappa shape index (κ1) is 20.7. The maximum atomic E-state index is 13.0. The average Bonchev–Trinajstić information content (AvgIpc) is 3.33. The number of nitrogens with one attached hydrogen (secondary N) is 2. The normalized spacial score (nSPS) is 17.7. The Labute approximate surface area is 186 Å². The highest BCUT2D eigenvalue weighted by atomic mass is 35.5. The SMILES string of the molecule is CC(=O)N(CC(N)=O)[C@@H]1c2ccccc2C[C@H]1NC(=O)c1cc2sc(Cl)c(Cl)c2[nH]1. The van der Waals surface area contributed by atoms with Crippen LogP contribution in [0, 0.1) is 0 Å². The van der Waals surface area contributed by atoms with E-state index in [0.717, 1.165) is 15.8 Å². The summed E-state index contributed by atoms with van der Waals surface area (Å²) in [5, 5.41) is 3.38. The predicted octanol–water partition coefficient (Wildman–Crippen LogP) is 3.27. The molecule has 3 aromatic rings. The molecule has 4 N–H and O–H groups in total. The van der Waals surface area contributed by atoms with Gasteiger partial charge in [0.2, 0.25) is 11.8 Å². The van der Waals surface area contributed by atoms with Crippen molar-refractivity contribution < 1.29 is 14.4 Å². The van der Waals surface area contributed by atoms with Gasteiger partial charge in [0.15, 0.2) is 0 Å². The average molecular weight is 465 g/mol. The Morgan fingerprint density at radius 2 is 2.03 bits per heavy atom. The van der Waals surface area contributed by atoms with Crippen molar-refractivity contribution in [1.29, 1.82) is 0 Å². The number of benzene rings is 1. The third-order valence-corrected chi connectivity index (χ3v) is 7.13. The van der Waals surface area contributed by atoms with Crippen molar-refractivity contribution in [2.75, 3.05) is 6.54 Å². The Hall–Kier alpha value is -2.55. The van der Waals surface area contributed by atoms with E-state index in [1.165, 1.54) is 23.2 Å². The van der Waals surface area contributed by atoms with E-state index in [2.05, 4.69) is 10.3 Å². The Morgan fingerprint density at radius 3 is 2.70 bits per heavy atom. The number of H-pyrrole nitrogens is 1. The number of hydrogen-bond donors (Lipinski definition) is 3. The topological polar surface area (TPSA) is 108 Å².